The molecule has 0 spiro atoms. The molecule has 0 aliphatic carbocycles. The maximum absolute atomic E-state index is 12.2. The van der Waals surface area contributed by atoms with E-state index in [-0.39, 0.29) is 19.6 Å². The number of aromatic amines is 1. The Morgan fingerprint density at radius 3 is 2.63 bits per heavy atom. The third kappa shape index (κ3) is 3.69. The summed E-state index contributed by atoms with van der Waals surface area (Å²) < 4.78 is 6.07. The summed E-state index contributed by atoms with van der Waals surface area (Å²) >= 11 is 0. The van der Waals surface area contributed by atoms with Crippen LogP contribution in [0.5, 0.6) is 0 Å². The molecule has 0 radical (unpaired) electrons. The minimum absolute atomic E-state index is 0.106. The molecule has 10 heteroatoms. The Hall–Kier alpha value is -2.40. The first-order valence-electron chi connectivity index (χ1n) is 8.82. The van der Waals surface area contributed by atoms with Crippen LogP contribution >= 0.6 is 0 Å². The summed E-state index contributed by atoms with van der Waals surface area (Å²) in [4.78, 5) is 55.3. The second-order valence-corrected chi connectivity index (χ2v) is 6.57. The molecule has 1 saturated heterocycles. The van der Waals surface area contributed by atoms with Gasteiger partial charge in [-0.15, -0.1) is 0 Å². The molecule has 1 aromatic rings. The second kappa shape index (κ2) is 7.69. The van der Waals surface area contributed by atoms with Gasteiger partial charge in [0.1, 0.15) is 25.5 Å². The molecule has 3 rings (SSSR count). The SMILES string of the molecule is CCCC[N+]1(OC[C@H]2O[C@@H](n3ccc(=O)[nH]c3=O)C[C@@H]2O)C(=O)C=CC1=O. The summed E-state index contributed by atoms with van der Waals surface area (Å²) in [5.41, 5.74) is -1.18. The number of H-pyrrole nitrogens is 1. The van der Waals surface area contributed by atoms with Crippen LogP contribution in [0.3, 0.4) is 0 Å². The van der Waals surface area contributed by atoms with Crippen molar-refractivity contribution in [3.05, 3.63) is 45.3 Å². The Morgan fingerprint density at radius 1 is 1.30 bits per heavy atom. The van der Waals surface area contributed by atoms with E-state index in [2.05, 4.69) is 4.98 Å². The number of imide groups is 1. The van der Waals surface area contributed by atoms with Gasteiger partial charge < -0.3 is 9.84 Å². The van der Waals surface area contributed by atoms with E-state index in [0.717, 1.165) is 6.42 Å². The molecule has 0 bridgehead atoms. The number of ether oxygens (including phenoxy) is 1. The van der Waals surface area contributed by atoms with E-state index in [0.29, 0.717) is 6.42 Å². The zero-order valence-corrected chi connectivity index (χ0v) is 14.9. The third-order valence-corrected chi connectivity index (χ3v) is 4.73. The molecule has 3 heterocycles. The van der Waals surface area contributed by atoms with Gasteiger partial charge in [-0.05, 0) is 4.65 Å². The number of aliphatic hydroxyl groups is 1. The summed E-state index contributed by atoms with van der Waals surface area (Å²) in [6, 6.07) is 1.18. The van der Waals surface area contributed by atoms with Gasteiger partial charge in [-0.3, -0.25) is 14.3 Å². The van der Waals surface area contributed by atoms with Crippen LogP contribution in [0, 0.1) is 0 Å². The zero-order valence-electron chi connectivity index (χ0n) is 14.9. The fourth-order valence-corrected chi connectivity index (χ4v) is 3.18. The Bertz CT molecular complexity index is 854. The maximum atomic E-state index is 12.2. The molecule has 2 amide bonds. The van der Waals surface area contributed by atoms with E-state index < -0.39 is 46.1 Å². The molecular formula is C17H22N3O7+. The van der Waals surface area contributed by atoms with Crippen molar-refractivity contribution in [1.29, 1.82) is 0 Å². The van der Waals surface area contributed by atoms with Gasteiger partial charge >= 0.3 is 17.5 Å². The molecule has 3 atom stereocenters. The molecule has 1 aromatic heterocycles. The van der Waals surface area contributed by atoms with Gasteiger partial charge in [-0.1, -0.05) is 13.3 Å². The largest absolute Gasteiger partial charge is 0.390 e. The second-order valence-electron chi connectivity index (χ2n) is 6.57. The molecule has 2 aliphatic rings. The molecule has 0 unspecified atom stereocenters. The number of unbranched alkanes of at least 4 members (excludes halogenated alkanes) is 1. The van der Waals surface area contributed by atoms with E-state index in [9.17, 15) is 24.3 Å². The average Bonchev–Trinajstić information content (AvgIpc) is 3.12. The minimum Gasteiger partial charge on any atom is -0.390 e. The molecule has 27 heavy (non-hydrogen) atoms. The van der Waals surface area contributed by atoms with Crippen molar-refractivity contribution in [2.24, 2.45) is 0 Å². The number of hydrogen-bond donors (Lipinski definition) is 2. The standard InChI is InChI=1S/C17H21N3O7/c1-2-3-8-20(15(23)4-5-16(20)24)26-10-12-11(21)9-14(27-12)19-7-6-13(22)18-17(19)25/h4-7,11-12,14,21H,2-3,8-10H2,1H3/p+1/t11-,12+,14+/m0/s1. The highest BCUT2D eigenvalue weighted by atomic mass is 16.7. The number of amides is 2. The fourth-order valence-electron chi connectivity index (χ4n) is 3.18. The van der Waals surface area contributed by atoms with Gasteiger partial charge in [0.05, 0.1) is 18.3 Å². The number of nitrogens with zero attached hydrogens (tertiary/aromatic N) is 2. The van der Waals surface area contributed by atoms with Gasteiger partial charge in [-0.25, -0.2) is 14.4 Å². The quantitative estimate of drug-likeness (QED) is 0.475. The minimum atomic E-state index is -0.958. The lowest BCUT2D eigenvalue weighted by Crippen LogP contribution is -2.54. The van der Waals surface area contributed by atoms with Crippen LogP contribution in [-0.4, -0.2) is 56.5 Å². The van der Waals surface area contributed by atoms with Crippen LogP contribution in [0.4, 0.5) is 0 Å². The highest BCUT2D eigenvalue weighted by molar-refractivity contribution is 6.03. The van der Waals surface area contributed by atoms with Crippen LogP contribution in [0.1, 0.15) is 32.4 Å². The smallest absolute Gasteiger partial charge is 0.379 e. The topological polar surface area (TPSA) is 128 Å². The van der Waals surface area contributed by atoms with Gasteiger partial charge in [-0.2, -0.15) is 4.84 Å². The van der Waals surface area contributed by atoms with Gasteiger partial charge in [0, 0.05) is 25.1 Å². The summed E-state index contributed by atoms with van der Waals surface area (Å²) in [5.74, 6) is -0.927. The molecule has 2 N–H and O–H groups in total. The zero-order chi connectivity index (χ0) is 19.6. The summed E-state index contributed by atoms with van der Waals surface area (Å²) in [6.07, 6.45) is 2.59. The number of nitrogens with one attached hydrogen (secondary N) is 1. The van der Waals surface area contributed by atoms with Crippen molar-refractivity contribution in [3.8, 4) is 0 Å². The van der Waals surface area contributed by atoms with Crippen LogP contribution in [0.2, 0.25) is 0 Å². The Kier molecular flexibility index (Phi) is 5.51. The lowest BCUT2D eigenvalue weighted by molar-refractivity contribution is -0.977. The Labute approximate surface area is 154 Å². The van der Waals surface area contributed by atoms with Gasteiger partial charge in [0.15, 0.2) is 0 Å². The lowest BCUT2D eigenvalue weighted by Gasteiger charge is -2.27. The number of carbonyl (C=O) groups is 2. The van der Waals surface area contributed by atoms with Gasteiger partial charge in [0.25, 0.3) is 5.56 Å². The normalized spacial score (nSPS) is 26.8. The van der Waals surface area contributed by atoms with E-state index in [4.69, 9.17) is 9.57 Å². The van der Waals surface area contributed by atoms with E-state index in [1.54, 1.807) is 0 Å². The first kappa shape index (κ1) is 19.4. The molecule has 10 nitrogen and oxygen atoms in total. The average molecular weight is 380 g/mol. The number of hydroxylamine groups is 3. The van der Waals surface area contributed by atoms with Crippen molar-refractivity contribution >= 4 is 11.8 Å². The molecule has 146 valence electrons. The van der Waals surface area contributed by atoms with Crippen molar-refractivity contribution in [2.75, 3.05) is 13.2 Å². The number of aliphatic hydroxyl groups excluding tert-OH is 1. The first-order valence-corrected chi connectivity index (χ1v) is 8.82. The van der Waals surface area contributed by atoms with Crippen LogP contribution in [0.25, 0.3) is 0 Å². The molecule has 2 aliphatic heterocycles. The number of quaternary nitrogens is 1. The lowest BCUT2D eigenvalue weighted by atomic mass is 10.2. The molecule has 0 aromatic carbocycles. The molecular weight excluding hydrogens is 358 g/mol. The van der Waals surface area contributed by atoms with Crippen molar-refractivity contribution in [2.45, 2.75) is 44.6 Å². The van der Waals surface area contributed by atoms with Crippen molar-refractivity contribution < 1.29 is 28.9 Å². The molecule has 0 saturated carbocycles. The van der Waals surface area contributed by atoms with Crippen LogP contribution < -0.4 is 11.2 Å². The number of rotatable bonds is 7. The van der Waals surface area contributed by atoms with E-state index in [1.165, 1.54) is 29.0 Å². The highest BCUT2D eigenvalue weighted by Crippen LogP contribution is 2.29. The Balaban J connectivity index is 1.70. The summed E-state index contributed by atoms with van der Waals surface area (Å²) in [6.45, 7) is 1.94. The number of aromatic nitrogens is 2. The van der Waals surface area contributed by atoms with E-state index in [1.807, 2.05) is 6.92 Å². The van der Waals surface area contributed by atoms with Crippen LogP contribution in [-0.2, 0) is 19.2 Å². The predicted octanol–water partition coefficient (Wildman–Crippen LogP) is -0.643. The predicted molar refractivity (Wildman–Crippen MR) is 91.0 cm³/mol. The highest BCUT2D eigenvalue weighted by Gasteiger charge is 2.50. The summed E-state index contributed by atoms with van der Waals surface area (Å²) in [5, 5.41) is 10.2. The maximum Gasteiger partial charge on any atom is 0.379 e. The van der Waals surface area contributed by atoms with Gasteiger partial charge in [0.2, 0.25) is 0 Å². The molecule has 1 fully saturated rings. The number of carbonyl (C=O) groups excluding carboxylic acids is 2. The number of hydrogen-bond acceptors (Lipinski definition) is 7. The summed E-state index contributed by atoms with van der Waals surface area (Å²) in [7, 11) is 0. The monoisotopic (exact) mass is 380 g/mol. The van der Waals surface area contributed by atoms with Crippen molar-refractivity contribution in [1.82, 2.24) is 9.55 Å². The Morgan fingerprint density at radius 2 is 2.00 bits per heavy atom. The van der Waals surface area contributed by atoms with E-state index >= 15 is 0 Å². The van der Waals surface area contributed by atoms with Crippen LogP contribution in [0.15, 0.2) is 34.0 Å². The fraction of sp³-hybridized carbons (Fsp3) is 0.529. The van der Waals surface area contributed by atoms with Crippen molar-refractivity contribution in [3.63, 3.8) is 0 Å². The first-order chi connectivity index (χ1) is 12.9. The third-order valence-electron chi connectivity index (χ3n) is 4.73.